The van der Waals surface area contributed by atoms with E-state index in [4.69, 9.17) is 5.73 Å². The Hall–Kier alpha value is -0.360. The molecule has 0 bridgehead atoms. The van der Waals surface area contributed by atoms with Crippen molar-refractivity contribution in [1.82, 2.24) is 0 Å². The van der Waals surface area contributed by atoms with Crippen LogP contribution in [0.2, 0.25) is 0 Å². The molecule has 0 spiro atoms. The lowest BCUT2D eigenvalue weighted by Crippen LogP contribution is -1.80. The molecule has 62 valence electrons. The Kier molecular flexibility index (Phi) is 1.96. The molecule has 1 aromatic heterocycles. The first kappa shape index (κ1) is 8.25. The topological polar surface area (TPSA) is 26.0 Å². The van der Waals surface area contributed by atoms with E-state index in [1.165, 1.54) is 11.3 Å². The van der Waals surface area contributed by atoms with Crippen molar-refractivity contribution in [2.75, 3.05) is 5.73 Å². The van der Waals surface area contributed by atoms with Crippen LogP contribution in [-0.2, 0) is 0 Å². The van der Waals surface area contributed by atoms with Crippen LogP contribution in [0, 0.1) is 9.39 Å². The first-order chi connectivity index (χ1) is 5.68. The zero-order valence-corrected chi connectivity index (χ0v) is 8.95. The van der Waals surface area contributed by atoms with Crippen LogP contribution in [0.5, 0.6) is 0 Å². The number of hydrogen-bond donors (Lipinski definition) is 1. The summed E-state index contributed by atoms with van der Waals surface area (Å²) in [4.78, 5) is 0. The Labute approximate surface area is 86.5 Å². The van der Waals surface area contributed by atoms with Crippen LogP contribution in [-0.4, -0.2) is 0 Å². The van der Waals surface area contributed by atoms with Crippen molar-refractivity contribution < 1.29 is 4.39 Å². The van der Waals surface area contributed by atoms with Gasteiger partial charge in [-0.1, -0.05) is 0 Å². The third-order valence-electron chi connectivity index (χ3n) is 1.61. The molecule has 1 heterocycles. The molecule has 0 unspecified atom stereocenters. The van der Waals surface area contributed by atoms with Crippen molar-refractivity contribution in [3.8, 4) is 0 Å². The molecule has 0 saturated heterocycles. The van der Waals surface area contributed by atoms with Gasteiger partial charge < -0.3 is 5.73 Å². The molecular formula is C8H5FINS. The molecule has 1 aromatic carbocycles. The van der Waals surface area contributed by atoms with E-state index in [1.54, 1.807) is 12.1 Å². The molecule has 2 N–H and O–H groups in total. The van der Waals surface area contributed by atoms with Gasteiger partial charge in [-0.2, -0.15) is 0 Å². The van der Waals surface area contributed by atoms with Crippen molar-refractivity contribution in [3.63, 3.8) is 0 Å². The number of rotatable bonds is 0. The predicted octanol–water partition coefficient (Wildman–Crippen LogP) is 3.23. The molecule has 0 radical (unpaired) electrons. The van der Waals surface area contributed by atoms with Crippen molar-refractivity contribution in [2.45, 2.75) is 0 Å². The van der Waals surface area contributed by atoms with Gasteiger partial charge in [0.2, 0.25) is 0 Å². The summed E-state index contributed by atoms with van der Waals surface area (Å²) in [6.07, 6.45) is 0. The van der Waals surface area contributed by atoms with Gasteiger partial charge in [-0.05, 0) is 40.8 Å². The van der Waals surface area contributed by atoms with Crippen molar-refractivity contribution in [3.05, 3.63) is 27.6 Å². The average molecular weight is 293 g/mol. The highest BCUT2D eigenvalue weighted by atomic mass is 127. The van der Waals surface area contributed by atoms with Gasteiger partial charge in [0.25, 0.3) is 0 Å². The highest BCUT2D eigenvalue weighted by Crippen LogP contribution is 2.31. The monoisotopic (exact) mass is 293 g/mol. The van der Waals surface area contributed by atoms with Gasteiger partial charge in [-0.15, -0.1) is 11.3 Å². The SMILES string of the molecule is Nc1cc2c(F)c(I)ccc2s1. The molecule has 4 heteroatoms. The summed E-state index contributed by atoms with van der Waals surface area (Å²) in [6, 6.07) is 5.33. The fourth-order valence-corrected chi connectivity index (χ4v) is 2.37. The quantitative estimate of drug-likeness (QED) is 0.741. The maximum absolute atomic E-state index is 13.4. The van der Waals surface area contributed by atoms with Crippen LogP contribution >= 0.6 is 33.9 Å². The minimum Gasteiger partial charge on any atom is -0.391 e. The second kappa shape index (κ2) is 2.85. The lowest BCUT2D eigenvalue weighted by molar-refractivity contribution is 0.633. The molecular weight excluding hydrogens is 288 g/mol. The summed E-state index contributed by atoms with van der Waals surface area (Å²) >= 11 is 3.38. The Bertz CT molecular complexity index is 438. The number of benzene rings is 1. The Morgan fingerprint density at radius 3 is 2.92 bits per heavy atom. The number of nitrogens with two attached hydrogens (primary N) is 1. The number of fused-ring (bicyclic) bond motifs is 1. The summed E-state index contributed by atoms with van der Waals surface area (Å²) in [5.41, 5.74) is 5.56. The molecule has 2 rings (SSSR count). The van der Waals surface area contributed by atoms with Gasteiger partial charge in [0.05, 0.1) is 5.00 Å². The fourth-order valence-electron chi connectivity index (χ4n) is 1.07. The zero-order valence-electron chi connectivity index (χ0n) is 5.97. The van der Waals surface area contributed by atoms with Crippen LogP contribution in [0.25, 0.3) is 10.1 Å². The summed E-state index contributed by atoms with van der Waals surface area (Å²) in [7, 11) is 0. The highest BCUT2D eigenvalue weighted by Gasteiger charge is 2.07. The molecule has 12 heavy (non-hydrogen) atoms. The van der Waals surface area contributed by atoms with E-state index in [0.717, 1.165) is 4.70 Å². The van der Waals surface area contributed by atoms with E-state index in [-0.39, 0.29) is 5.82 Å². The Morgan fingerprint density at radius 2 is 2.17 bits per heavy atom. The van der Waals surface area contributed by atoms with E-state index in [1.807, 2.05) is 28.7 Å². The van der Waals surface area contributed by atoms with E-state index >= 15 is 0 Å². The zero-order chi connectivity index (χ0) is 8.72. The Balaban J connectivity index is 2.89. The van der Waals surface area contributed by atoms with Gasteiger partial charge in [-0.3, -0.25) is 0 Å². The Morgan fingerprint density at radius 1 is 1.42 bits per heavy atom. The maximum Gasteiger partial charge on any atom is 0.145 e. The van der Waals surface area contributed by atoms with Crippen LogP contribution < -0.4 is 5.73 Å². The summed E-state index contributed by atoms with van der Waals surface area (Å²) in [5.74, 6) is -0.166. The number of hydrogen-bond acceptors (Lipinski definition) is 2. The second-order valence-electron chi connectivity index (χ2n) is 2.42. The summed E-state index contributed by atoms with van der Waals surface area (Å²) in [5, 5.41) is 1.29. The third kappa shape index (κ3) is 1.19. The normalized spacial score (nSPS) is 10.8. The molecule has 0 fully saturated rings. The molecule has 0 aliphatic rings. The molecule has 1 nitrogen and oxygen atoms in total. The molecule has 0 atom stereocenters. The fraction of sp³-hybridized carbons (Fsp3) is 0. The van der Waals surface area contributed by atoms with Crippen LogP contribution in [0.3, 0.4) is 0 Å². The maximum atomic E-state index is 13.4. The molecule has 0 aliphatic carbocycles. The van der Waals surface area contributed by atoms with E-state index in [0.29, 0.717) is 14.0 Å². The summed E-state index contributed by atoms with van der Waals surface area (Å²) < 4.78 is 14.9. The number of anilines is 1. The van der Waals surface area contributed by atoms with Gasteiger partial charge in [0.1, 0.15) is 5.82 Å². The molecule has 0 aliphatic heterocycles. The molecule has 2 aromatic rings. The smallest absolute Gasteiger partial charge is 0.145 e. The van der Waals surface area contributed by atoms with Crippen molar-refractivity contribution in [2.24, 2.45) is 0 Å². The number of nitrogen functional groups attached to an aromatic ring is 1. The van der Waals surface area contributed by atoms with Gasteiger partial charge >= 0.3 is 0 Å². The van der Waals surface area contributed by atoms with Crippen molar-refractivity contribution in [1.29, 1.82) is 0 Å². The lowest BCUT2D eigenvalue weighted by atomic mass is 10.2. The van der Waals surface area contributed by atoms with Gasteiger partial charge in [0.15, 0.2) is 0 Å². The third-order valence-corrected chi connectivity index (χ3v) is 3.37. The van der Waals surface area contributed by atoms with Crippen LogP contribution in [0.4, 0.5) is 9.39 Å². The van der Waals surface area contributed by atoms with E-state index in [9.17, 15) is 4.39 Å². The minimum absolute atomic E-state index is 0.166. The standard InChI is InChI=1S/C8H5FINS/c9-8-4-3-7(11)12-6(4)2-1-5(8)10/h1-3H,11H2. The van der Waals surface area contributed by atoms with Gasteiger partial charge in [-0.25, -0.2) is 4.39 Å². The van der Waals surface area contributed by atoms with Crippen LogP contribution in [0.15, 0.2) is 18.2 Å². The number of halogens is 2. The summed E-state index contributed by atoms with van der Waals surface area (Å²) in [6.45, 7) is 0. The highest BCUT2D eigenvalue weighted by molar-refractivity contribution is 14.1. The minimum atomic E-state index is -0.166. The van der Waals surface area contributed by atoms with Gasteiger partial charge in [0, 0.05) is 13.7 Å². The lowest BCUT2D eigenvalue weighted by Gasteiger charge is -1.93. The first-order valence-electron chi connectivity index (χ1n) is 3.31. The molecule has 0 saturated carbocycles. The van der Waals surface area contributed by atoms with E-state index < -0.39 is 0 Å². The average Bonchev–Trinajstić information content (AvgIpc) is 2.39. The van der Waals surface area contributed by atoms with Crippen molar-refractivity contribution >= 4 is 49.0 Å². The van der Waals surface area contributed by atoms with Crippen LogP contribution in [0.1, 0.15) is 0 Å². The van der Waals surface area contributed by atoms with E-state index in [2.05, 4.69) is 0 Å². The number of thiophene rings is 1. The largest absolute Gasteiger partial charge is 0.391 e. The second-order valence-corrected chi connectivity index (χ2v) is 4.70. The molecule has 0 amide bonds. The first-order valence-corrected chi connectivity index (χ1v) is 5.21. The predicted molar refractivity (Wildman–Crippen MR) is 58.9 cm³/mol.